The van der Waals surface area contributed by atoms with Crippen molar-refractivity contribution in [2.24, 2.45) is 0 Å². The predicted octanol–water partition coefficient (Wildman–Crippen LogP) is 1.91. The normalized spacial score (nSPS) is 18.2. The molecule has 20 heavy (non-hydrogen) atoms. The molecule has 0 amide bonds. The second-order valence-electron chi connectivity index (χ2n) is 5.89. The van der Waals surface area contributed by atoms with Gasteiger partial charge in [0.25, 0.3) is 0 Å². The van der Waals surface area contributed by atoms with Crippen LogP contribution >= 0.6 is 0 Å². The van der Waals surface area contributed by atoms with Crippen molar-refractivity contribution in [1.82, 2.24) is 5.32 Å². The molecule has 1 atom stereocenters. The lowest BCUT2D eigenvalue weighted by Gasteiger charge is -2.29. The molecule has 1 heterocycles. The van der Waals surface area contributed by atoms with E-state index in [0.717, 1.165) is 12.0 Å². The molecule has 0 fully saturated rings. The third-order valence-corrected chi connectivity index (χ3v) is 3.09. The molecule has 0 radical (unpaired) electrons. The Bertz CT molecular complexity index is 545. The number of hydrogen-bond acceptors (Lipinski definition) is 4. The number of rotatable bonds is 2. The van der Waals surface area contributed by atoms with Gasteiger partial charge in [-0.05, 0) is 50.5 Å². The molecule has 0 aliphatic carbocycles. The number of benzene rings is 1. The molecular weight excluding hydrogens is 258 g/mol. The smallest absolute Gasteiger partial charge is 0.335 e. The average Bonchev–Trinajstić information content (AvgIpc) is 2.35. The summed E-state index contributed by atoms with van der Waals surface area (Å²) in [6, 6.07) is 4.30. The average molecular weight is 277 g/mol. The Morgan fingerprint density at radius 3 is 2.65 bits per heavy atom. The van der Waals surface area contributed by atoms with E-state index in [9.17, 15) is 9.59 Å². The van der Waals surface area contributed by atoms with Gasteiger partial charge in [-0.15, -0.1) is 0 Å². The summed E-state index contributed by atoms with van der Waals surface area (Å²) in [4.78, 5) is 23.3. The molecule has 5 nitrogen and oxygen atoms in total. The highest BCUT2D eigenvalue weighted by molar-refractivity contribution is 5.89. The minimum Gasteiger partial charge on any atom is -0.478 e. The fourth-order valence-electron chi connectivity index (χ4n) is 2.26. The van der Waals surface area contributed by atoms with Crippen LogP contribution in [0.3, 0.4) is 0 Å². The van der Waals surface area contributed by atoms with Crippen LogP contribution in [-0.2, 0) is 16.0 Å². The van der Waals surface area contributed by atoms with Crippen molar-refractivity contribution in [3.05, 3.63) is 34.9 Å². The fourth-order valence-corrected chi connectivity index (χ4v) is 2.26. The van der Waals surface area contributed by atoms with Crippen LogP contribution in [-0.4, -0.2) is 29.2 Å². The Hall–Kier alpha value is -1.88. The highest BCUT2D eigenvalue weighted by Crippen LogP contribution is 2.26. The molecule has 2 N–H and O–H groups in total. The van der Waals surface area contributed by atoms with E-state index in [1.165, 1.54) is 0 Å². The lowest BCUT2D eigenvalue weighted by Crippen LogP contribution is -2.39. The van der Waals surface area contributed by atoms with Gasteiger partial charge in [-0.25, -0.2) is 9.59 Å². The number of carboxylic acids is 1. The second-order valence-corrected chi connectivity index (χ2v) is 5.89. The molecule has 1 aromatic carbocycles. The van der Waals surface area contributed by atoms with Crippen LogP contribution in [0.1, 0.15) is 48.3 Å². The molecule has 0 aromatic heterocycles. The monoisotopic (exact) mass is 277 g/mol. The van der Waals surface area contributed by atoms with Gasteiger partial charge < -0.3 is 15.2 Å². The van der Waals surface area contributed by atoms with Gasteiger partial charge in [-0.2, -0.15) is 0 Å². The van der Waals surface area contributed by atoms with Gasteiger partial charge in [0.15, 0.2) is 0 Å². The molecule has 2 rings (SSSR count). The van der Waals surface area contributed by atoms with E-state index in [1.807, 2.05) is 20.8 Å². The topological polar surface area (TPSA) is 75.6 Å². The molecule has 1 aliphatic rings. The number of hydrogen-bond donors (Lipinski definition) is 2. The van der Waals surface area contributed by atoms with Gasteiger partial charge in [0.1, 0.15) is 11.6 Å². The quantitative estimate of drug-likeness (QED) is 0.808. The first-order valence-electron chi connectivity index (χ1n) is 6.60. The summed E-state index contributed by atoms with van der Waals surface area (Å²) in [7, 11) is 0. The zero-order valence-corrected chi connectivity index (χ0v) is 11.9. The van der Waals surface area contributed by atoms with Gasteiger partial charge in [-0.1, -0.05) is 6.07 Å². The van der Waals surface area contributed by atoms with Crippen molar-refractivity contribution in [2.75, 3.05) is 6.54 Å². The Balaban J connectivity index is 2.33. The van der Waals surface area contributed by atoms with Gasteiger partial charge in [0, 0.05) is 6.54 Å². The highest BCUT2D eigenvalue weighted by atomic mass is 16.6. The number of carbonyl (C=O) groups is 2. The van der Waals surface area contributed by atoms with E-state index < -0.39 is 17.6 Å². The van der Waals surface area contributed by atoms with Crippen LogP contribution in [0.2, 0.25) is 0 Å². The fraction of sp³-hybridized carbons (Fsp3) is 0.467. The summed E-state index contributed by atoms with van der Waals surface area (Å²) >= 11 is 0. The molecule has 0 saturated carbocycles. The molecule has 1 unspecified atom stereocenters. The first-order chi connectivity index (χ1) is 9.28. The Kier molecular flexibility index (Phi) is 3.81. The molecule has 5 heteroatoms. The van der Waals surface area contributed by atoms with Crippen molar-refractivity contribution in [2.45, 2.75) is 38.8 Å². The van der Waals surface area contributed by atoms with Crippen LogP contribution in [0.5, 0.6) is 0 Å². The molecule has 0 spiro atoms. The maximum atomic E-state index is 12.2. The van der Waals surface area contributed by atoms with Crippen molar-refractivity contribution in [3.8, 4) is 0 Å². The summed E-state index contributed by atoms with van der Waals surface area (Å²) in [5.74, 6) is -1.37. The molecular formula is C15H19NO4. The largest absolute Gasteiger partial charge is 0.478 e. The van der Waals surface area contributed by atoms with Crippen molar-refractivity contribution >= 4 is 11.9 Å². The lowest BCUT2D eigenvalue weighted by atomic mass is 9.92. The van der Waals surface area contributed by atoms with Crippen LogP contribution in [0.15, 0.2) is 18.2 Å². The van der Waals surface area contributed by atoms with E-state index in [0.29, 0.717) is 12.1 Å². The van der Waals surface area contributed by atoms with Crippen molar-refractivity contribution < 1.29 is 19.4 Å². The second kappa shape index (κ2) is 5.25. The Labute approximate surface area is 117 Å². The first kappa shape index (κ1) is 14.5. The van der Waals surface area contributed by atoms with Crippen LogP contribution in [0.25, 0.3) is 0 Å². The van der Waals surface area contributed by atoms with Crippen LogP contribution < -0.4 is 5.32 Å². The summed E-state index contributed by atoms with van der Waals surface area (Å²) in [5, 5.41) is 12.2. The van der Waals surface area contributed by atoms with Crippen LogP contribution in [0, 0.1) is 0 Å². The van der Waals surface area contributed by atoms with E-state index in [-0.39, 0.29) is 11.5 Å². The molecule has 0 saturated heterocycles. The minimum absolute atomic E-state index is 0.181. The first-order valence-corrected chi connectivity index (χ1v) is 6.60. The summed E-state index contributed by atoms with van der Waals surface area (Å²) in [5.41, 5.74) is 1.30. The SMILES string of the molecule is CC(C)(C)OC(=O)C1NCCc2ccc(C(=O)O)cc21. The zero-order valence-electron chi connectivity index (χ0n) is 11.9. The number of esters is 1. The van der Waals surface area contributed by atoms with Crippen LogP contribution in [0.4, 0.5) is 0 Å². The highest BCUT2D eigenvalue weighted by Gasteiger charge is 2.30. The Morgan fingerprint density at radius 2 is 2.05 bits per heavy atom. The number of carboxylic acid groups (broad SMARTS) is 1. The van der Waals surface area contributed by atoms with E-state index in [4.69, 9.17) is 9.84 Å². The maximum Gasteiger partial charge on any atom is 0.335 e. The van der Waals surface area contributed by atoms with Gasteiger partial charge >= 0.3 is 11.9 Å². The molecule has 1 aliphatic heterocycles. The molecule has 0 bridgehead atoms. The molecule has 1 aromatic rings. The number of carbonyl (C=O) groups excluding carboxylic acids is 1. The third kappa shape index (κ3) is 3.17. The van der Waals surface area contributed by atoms with Gasteiger partial charge in [0.2, 0.25) is 0 Å². The van der Waals surface area contributed by atoms with Gasteiger partial charge in [-0.3, -0.25) is 0 Å². The predicted molar refractivity (Wildman–Crippen MR) is 73.7 cm³/mol. The minimum atomic E-state index is -0.999. The summed E-state index contributed by atoms with van der Waals surface area (Å²) in [6.07, 6.45) is 0.772. The maximum absolute atomic E-state index is 12.2. The standard InChI is InChI=1S/C15H19NO4/c1-15(2,3)20-14(19)12-11-8-10(13(17)18)5-4-9(11)6-7-16-12/h4-5,8,12,16H,6-7H2,1-3H3,(H,17,18). The van der Waals surface area contributed by atoms with Crippen molar-refractivity contribution in [3.63, 3.8) is 0 Å². The summed E-state index contributed by atoms with van der Waals surface area (Å²) < 4.78 is 5.39. The van der Waals surface area contributed by atoms with E-state index >= 15 is 0 Å². The van der Waals surface area contributed by atoms with E-state index in [2.05, 4.69) is 5.32 Å². The number of aromatic carboxylic acids is 1. The lowest BCUT2D eigenvalue weighted by molar-refractivity contribution is -0.157. The van der Waals surface area contributed by atoms with Gasteiger partial charge in [0.05, 0.1) is 5.56 Å². The number of ether oxygens (including phenoxy) is 1. The molecule has 108 valence electrons. The summed E-state index contributed by atoms with van der Waals surface area (Å²) in [6.45, 7) is 6.09. The van der Waals surface area contributed by atoms with E-state index in [1.54, 1.807) is 18.2 Å². The van der Waals surface area contributed by atoms with Crippen molar-refractivity contribution in [1.29, 1.82) is 0 Å². The third-order valence-electron chi connectivity index (χ3n) is 3.09. The Morgan fingerprint density at radius 1 is 1.35 bits per heavy atom. The zero-order chi connectivity index (χ0) is 14.9. The number of fused-ring (bicyclic) bond motifs is 1. The number of nitrogens with one attached hydrogen (secondary N) is 1.